The Bertz CT molecular complexity index is 469. The number of nitrogens with zero attached hydrogens (tertiary/aromatic N) is 1. The second kappa shape index (κ2) is 5.51. The minimum atomic E-state index is -3.45. The van der Waals surface area contributed by atoms with Crippen molar-refractivity contribution in [2.24, 2.45) is 0 Å². The topological polar surface area (TPSA) is 58.6 Å². The van der Waals surface area contributed by atoms with Gasteiger partial charge in [0.05, 0.1) is 13.2 Å². The van der Waals surface area contributed by atoms with E-state index in [0.29, 0.717) is 32.0 Å². The number of rotatable bonds is 3. The smallest absolute Gasteiger partial charge is 0.301 e. The summed E-state index contributed by atoms with van der Waals surface area (Å²) in [5.74, 6) is 0. The average Bonchev–Trinajstić information content (AvgIpc) is 2.33. The SMILES string of the molecule is O=S(=O)(Nc1ccc(I)cc1)N1CCOCC1. The molecule has 17 heavy (non-hydrogen) atoms. The fraction of sp³-hybridized carbons (Fsp3) is 0.400. The first kappa shape index (κ1) is 13.1. The molecule has 1 aliphatic heterocycles. The minimum Gasteiger partial charge on any atom is -0.379 e. The van der Waals surface area contributed by atoms with E-state index >= 15 is 0 Å². The van der Waals surface area contributed by atoms with Gasteiger partial charge in [-0.15, -0.1) is 0 Å². The van der Waals surface area contributed by atoms with E-state index in [1.165, 1.54) is 4.31 Å². The summed E-state index contributed by atoms with van der Waals surface area (Å²) in [6, 6.07) is 7.22. The van der Waals surface area contributed by atoms with Crippen LogP contribution < -0.4 is 4.72 Å². The highest BCUT2D eigenvalue weighted by Crippen LogP contribution is 2.14. The van der Waals surface area contributed by atoms with Gasteiger partial charge in [0.1, 0.15) is 0 Å². The average molecular weight is 368 g/mol. The van der Waals surface area contributed by atoms with Crippen molar-refractivity contribution in [2.45, 2.75) is 0 Å². The molecule has 7 heteroatoms. The molecule has 0 aromatic heterocycles. The first-order valence-electron chi connectivity index (χ1n) is 5.19. The molecule has 0 amide bonds. The van der Waals surface area contributed by atoms with Crippen LogP contribution >= 0.6 is 22.6 Å². The van der Waals surface area contributed by atoms with E-state index in [1.807, 2.05) is 12.1 Å². The van der Waals surface area contributed by atoms with Crippen LogP contribution in [0.5, 0.6) is 0 Å². The zero-order valence-electron chi connectivity index (χ0n) is 9.10. The number of halogens is 1. The van der Waals surface area contributed by atoms with Crippen molar-refractivity contribution < 1.29 is 13.2 Å². The van der Waals surface area contributed by atoms with E-state index < -0.39 is 10.2 Å². The molecule has 1 aromatic rings. The molecule has 0 atom stereocenters. The van der Waals surface area contributed by atoms with Crippen LogP contribution in [-0.2, 0) is 14.9 Å². The van der Waals surface area contributed by atoms with Crippen molar-refractivity contribution in [1.82, 2.24) is 4.31 Å². The molecule has 94 valence electrons. The molecule has 0 saturated carbocycles. The maximum atomic E-state index is 12.0. The van der Waals surface area contributed by atoms with Crippen molar-refractivity contribution in [2.75, 3.05) is 31.0 Å². The van der Waals surface area contributed by atoms with Gasteiger partial charge < -0.3 is 4.74 Å². The number of nitrogens with one attached hydrogen (secondary N) is 1. The van der Waals surface area contributed by atoms with Gasteiger partial charge in [-0.1, -0.05) is 0 Å². The maximum Gasteiger partial charge on any atom is 0.301 e. The predicted molar refractivity (Wildman–Crippen MR) is 74.1 cm³/mol. The highest BCUT2D eigenvalue weighted by molar-refractivity contribution is 14.1. The van der Waals surface area contributed by atoms with E-state index in [9.17, 15) is 8.42 Å². The van der Waals surface area contributed by atoms with Crippen LogP contribution in [0.15, 0.2) is 24.3 Å². The monoisotopic (exact) mass is 368 g/mol. The lowest BCUT2D eigenvalue weighted by atomic mass is 10.3. The van der Waals surface area contributed by atoms with Gasteiger partial charge in [0.15, 0.2) is 0 Å². The highest BCUT2D eigenvalue weighted by atomic mass is 127. The van der Waals surface area contributed by atoms with Crippen LogP contribution in [0.2, 0.25) is 0 Å². The third kappa shape index (κ3) is 3.54. The molecule has 0 radical (unpaired) electrons. The predicted octanol–water partition coefficient (Wildman–Crippen LogP) is 1.28. The van der Waals surface area contributed by atoms with Gasteiger partial charge in [-0.3, -0.25) is 4.72 Å². The molecule has 1 saturated heterocycles. The second-order valence-electron chi connectivity index (χ2n) is 3.63. The molecule has 1 aromatic carbocycles. The summed E-state index contributed by atoms with van der Waals surface area (Å²) in [5.41, 5.74) is 0.580. The Hall–Kier alpha value is -0.380. The van der Waals surface area contributed by atoms with Crippen molar-refractivity contribution in [3.63, 3.8) is 0 Å². The first-order chi connectivity index (χ1) is 8.08. The van der Waals surface area contributed by atoms with Gasteiger partial charge in [0.25, 0.3) is 0 Å². The van der Waals surface area contributed by atoms with E-state index in [-0.39, 0.29) is 0 Å². The summed E-state index contributed by atoms with van der Waals surface area (Å²) in [6.07, 6.45) is 0. The summed E-state index contributed by atoms with van der Waals surface area (Å²) in [4.78, 5) is 0. The lowest BCUT2D eigenvalue weighted by molar-refractivity contribution is 0.0733. The van der Waals surface area contributed by atoms with E-state index in [1.54, 1.807) is 12.1 Å². The molecule has 1 N–H and O–H groups in total. The Morgan fingerprint density at radius 3 is 2.35 bits per heavy atom. The van der Waals surface area contributed by atoms with Gasteiger partial charge in [-0.2, -0.15) is 12.7 Å². The summed E-state index contributed by atoms with van der Waals surface area (Å²) >= 11 is 2.17. The van der Waals surface area contributed by atoms with Crippen LogP contribution in [0.4, 0.5) is 5.69 Å². The molecule has 0 bridgehead atoms. The maximum absolute atomic E-state index is 12.0. The van der Waals surface area contributed by atoms with E-state index in [2.05, 4.69) is 27.3 Å². The Balaban J connectivity index is 2.08. The van der Waals surface area contributed by atoms with Crippen molar-refractivity contribution in [3.8, 4) is 0 Å². The Labute approximate surface area is 114 Å². The molecule has 0 spiro atoms. The standard InChI is InChI=1S/C10H13IN2O3S/c11-9-1-3-10(4-2-9)12-17(14,15)13-5-7-16-8-6-13/h1-4,12H,5-8H2. The summed E-state index contributed by atoms with van der Waals surface area (Å²) in [5, 5.41) is 0. The Morgan fingerprint density at radius 1 is 1.18 bits per heavy atom. The summed E-state index contributed by atoms with van der Waals surface area (Å²) in [6.45, 7) is 1.71. The van der Waals surface area contributed by atoms with Crippen molar-refractivity contribution >= 4 is 38.5 Å². The molecule has 0 aliphatic carbocycles. The van der Waals surface area contributed by atoms with Gasteiger partial charge >= 0.3 is 10.2 Å². The Kier molecular flexibility index (Phi) is 4.23. The molecule has 1 aliphatic rings. The van der Waals surface area contributed by atoms with Crippen molar-refractivity contribution in [1.29, 1.82) is 0 Å². The third-order valence-electron chi connectivity index (χ3n) is 2.40. The van der Waals surface area contributed by atoms with E-state index in [4.69, 9.17) is 4.74 Å². The van der Waals surface area contributed by atoms with Crippen LogP contribution in [0, 0.1) is 3.57 Å². The number of benzene rings is 1. The van der Waals surface area contributed by atoms with Crippen LogP contribution in [0.3, 0.4) is 0 Å². The molecule has 1 fully saturated rings. The van der Waals surface area contributed by atoms with Gasteiger partial charge in [-0.05, 0) is 46.9 Å². The fourth-order valence-corrected chi connectivity index (χ4v) is 3.07. The third-order valence-corrected chi connectivity index (χ3v) is 4.66. The summed E-state index contributed by atoms with van der Waals surface area (Å²) in [7, 11) is -3.45. The number of ether oxygens (including phenoxy) is 1. The quantitative estimate of drug-likeness (QED) is 0.818. The molecule has 1 heterocycles. The summed E-state index contributed by atoms with van der Waals surface area (Å²) < 4.78 is 34.1. The molecular weight excluding hydrogens is 355 g/mol. The number of hydrogen-bond donors (Lipinski definition) is 1. The molecular formula is C10H13IN2O3S. The van der Waals surface area contributed by atoms with Gasteiger partial charge in [0, 0.05) is 22.3 Å². The first-order valence-corrected chi connectivity index (χ1v) is 7.71. The van der Waals surface area contributed by atoms with Crippen LogP contribution in [0.25, 0.3) is 0 Å². The zero-order valence-corrected chi connectivity index (χ0v) is 12.1. The molecule has 2 rings (SSSR count). The number of morpholine rings is 1. The second-order valence-corrected chi connectivity index (χ2v) is 6.54. The minimum absolute atomic E-state index is 0.402. The lowest BCUT2D eigenvalue weighted by Gasteiger charge is -2.26. The number of anilines is 1. The van der Waals surface area contributed by atoms with Crippen LogP contribution in [-0.4, -0.2) is 39.0 Å². The van der Waals surface area contributed by atoms with E-state index in [0.717, 1.165) is 3.57 Å². The van der Waals surface area contributed by atoms with Crippen molar-refractivity contribution in [3.05, 3.63) is 27.8 Å². The van der Waals surface area contributed by atoms with Crippen LogP contribution in [0.1, 0.15) is 0 Å². The lowest BCUT2D eigenvalue weighted by Crippen LogP contribution is -2.43. The molecule has 5 nitrogen and oxygen atoms in total. The molecule has 0 unspecified atom stereocenters. The normalized spacial score (nSPS) is 17.9. The fourth-order valence-electron chi connectivity index (χ4n) is 1.52. The Morgan fingerprint density at radius 2 is 1.76 bits per heavy atom. The highest BCUT2D eigenvalue weighted by Gasteiger charge is 2.23. The number of hydrogen-bond acceptors (Lipinski definition) is 3. The largest absolute Gasteiger partial charge is 0.379 e. The zero-order chi connectivity index (χ0) is 12.3. The van der Waals surface area contributed by atoms with Gasteiger partial charge in [-0.25, -0.2) is 0 Å². The van der Waals surface area contributed by atoms with Gasteiger partial charge in [0.2, 0.25) is 0 Å².